The molecule has 0 unspecified atom stereocenters. The van der Waals surface area contributed by atoms with Crippen molar-refractivity contribution in [1.29, 1.82) is 0 Å². The van der Waals surface area contributed by atoms with Crippen LogP contribution in [0.1, 0.15) is 62.3 Å². The lowest BCUT2D eigenvalue weighted by Gasteiger charge is -2.46. The average molecular weight is 475 g/mol. The zero-order chi connectivity index (χ0) is 23.5. The minimum Gasteiger partial charge on any atom is -0.496 e. The molecule has 0 saturated carbocycles. The van der Waals surface area contributed by atoms with E-state index >= 15 is 0 Å². The van der Waals surface area contributed by atoms with Gasteiger partial charge in [0, 0.05) is 0 Å². The molecule has 0 aromatic heterocycles. The molecular formula is C21H42O6Si3. The van der Waals surface area contributed by atoms with E-state index in [0.717, 1.165) is 0 Å². The summed E-state index contributed by atoms with van der Waals surface area (Å²) in [6.45, 7) is 24.1. The lowest BCUT2D eigenvalue weighted by molar-refractivity contribution is 0.0765. The number of hydrogen-bond acceptors (Lipinski definition) is 6. The summed E-state index contributed by atoms with van der Waals surface area (Å²) in [5.41, 5.74) is 4.97. The molecule has 1 saturated heterocycles. The smallest absolute Gasteiger partial charge is 0.347 e. The van der Waals surface area contributed by atoms with E-state index in [9.17, 15) is 0 Å². The highest BCUT2D eigenvalue weighted by atomic mass is 28.5. The number of rotatable bonds is 6. The van der Waals surface area contributed by atoms with Crippen LogP contribution in [0.15, 0.2) is 35.9 Å². The second-order valence-corrected chi connectivity index (χ2v) is 20.5. The van der Waals surface area contributed by atoms with Gasteiger partial charge in [0.2, 0.25) is 0 Å². The molecule has 0 aromatic carbocycles. The topological polar surface area (TPSA) is 55.4 Å². The van der Waals surface area contributed by atoms with Gasteiger partial charge in [0.25, 0.3) is 0 Å². The lowest BCUT2D eigenvalue weighted by Crippen LogP contribution is -2.66. The predicted molar refractivity (Wildman–Crippen MR) is 128 cm³/mol. The summed E-state index contributed by atoms with van der Waals surface area (Å²) in [6.07, 6.45) is 5.10. The maximum Gasteiger partial charge on any atom is 0.347 e. The monoisotopic (exact) mass is 474 g/mol. The van der Waals surface area contributed by atoms with Crippen LogP contribution in [0.25, 0.3) is 0 Å². The molecule has 174 valence electrons. The number of hydrogen-bond donors (Lipinski definition) is 0. The summed E-state index contributed by atoms with van der Waals surface area (Å²) in [5.74, 6) is 0. The van der Waals surface area contributed by atoms with Crippen LogP contribution in [-0.4, -0.2) is 42.5 Å². The molecule has 1 heterocycles. The van der Waals surface area contributed by atoms with Crippen molar-refractivity contribution in [3.63, 3.8) is 0 Å². The van der Waals surface area contributed by atoms with Crippen LogP contribution >= 0.6 is 0 Å². The maximum atomic E-state index is 6.49. The average Bonchev–Trinajstić information content (AvgIpc) is 2.40. The molecule has 0 N–H and O–H groups in total. The van der Waals surface area contributed by atoms with Crippen LogP contribution in [0.2, 0.25) is 19.6 Å². The van der Waals surface area contributed by atoms with E-state index in [1.165, 1.54) is 0 Å². The van der Waals surface area contributed by atoms with Gasteiger partial charge < -0.3 is 26.6 Å². The van der Waals surface area contributed by atoms with Crippen LogP contribution in [0, 0.1) is 0 Å². The Kier molecular flexibility index (Phi) is 8.46. The molecular weight excluding hydrogens is 432 g/mol. The first-order valence-electron chi connectivity index (χ1n) is 10.4. The van der Waals surface area contributed by atoms with E-state index in [-0.39, 0.29) is 16.8 Å². The van der Waals surface area contributed by atoms with Crippen LogP contribution in [0.3, 0.4) is 0 Å². The van der Waals surface area contributed by atoms with Crippen molar-refractivity contribution < 1.29 is 26.6 Å². The van der Waals surface area contributed by atoms with E-state index in [4.69, 9.17) is 26.6 Å². The Balaban J connectivity index is 3.17. The van der Waals surface area contributed by atoms with E-state index in [1.807, 2.05) is 99.1 Å². The summed E-state index contributed by atoms with van der Waals surface area (Å²) < 4.78 is 36.8. The van der Waals surface area contributed by atoms with Gasteiger partial charge in [0.15, 0.2) is 0 Å². The molecule has 1 rings (SSSR count). The summed E-state index contributed by atoms with van der Waals surface area (Å²) in [4.78, 5) is 0. The summed E-state index contributed by atoms with van der Waals surface area (Å²) in [5, 5.41) is 0. The molecule has 0 amide bonds. The Morgan fingerprint density at radius 2 is 0.667 bits per heavy atom. The van der Waals surface area contributed by atoms with Gasteiger partial charge in [-0.15, -0.1) is 0 Å². The van der Waals surface area contributed by atoms with Gasteiger partial charge in [-0.2, -0.15) is 0 Å². The van der Waals surface area contributed by atoms with Crippen LogP contribution in [0.5, 0.6) is 0 Å². The lowest BCUT2D eigenvalue weighted by atomic mass is 10.2. The summed E-state index contributed by atoms with van der Waals surface area (Å²) >= 11 is 0. The van der Waals surface area contributed by atoms with Crippen molar-refractivity contribution in [1.82, 2.24) is 0 Å². The van der Waals surface area contributed by atoms with Crippen LogP contribution in [0.4, 0.5) is 0 Å². The van der Waals surface area contributed by atoms with Gasteiger partial charge in [0.1, 0.15) is 0 Å². The van der Waals surface area contributed by atoms with E-state index in [2.05, 4.69) is 0 Å². The molecule has 0 aromatic rings. The highest BCUT2D eigenvalue weighted by Crippen LogP contribution is 2.33. The Morgan fingerprint density at radius 1 is 0.467 bits per heavy atom. The molecule has 9 heteroatoms. The molecule has 0 radical (unpaired) electrons. The highest BCUT2D eigenvalue weighted by molar-refractivity contribution is 6.98. The zero-order valence-corrected chi connectivity index (χ0v) is 23.9. The SMILES string of the molecule is CC(C)(C)O/C=C/[Si]1(C)O[Si](C)(/C=C/OC(C)(C)C)O[Si](C)(/C=C/OC(C)(C)C)O1. The molecule has 0 aliphatic carbocycles. The van der Waals surface area contributed by atoms with Crippen molar-refractivity contribution in [2.45, 2.75) is 98.8 Å². The van der Waals surface area contributed by atoms with Crippen molar-refractivity contribution in [2.75, 3.05) is 0 Å². The third kappa shape index (κ3) is 11.0. The first kappa shape index (κ1) is 27.2. The summed E-state index contributed by atoms with van der Waals surface area (Å²) in [7, 11) is -8.16. The van der Waals surface area contributed by atoms with Gasteiger partial charge in [-0.25, -0.2) is 0 Å². The fraction of sp³-hybridized carbons (Fsp3) is 0.714. The Labute approximate surface area is 187 Å². The Bertz CT molecular complexity index is 557. The Morgan fingerprint density at radius 3 is 0.833 bits per heavy atom. The van der Waals surface area contributed by atoms with Gasteiger partial charge >= 0.3 is 25.7 Å². The van der Waals surface area contributed by atoms with E-state index < -0.39 is 25.7 Å². The van der Waals surface area contributed by atoms with Gasteiger partial charge in [0.05, 0.1) is 35.6 Å². The van der Waals surface area contributed by atoms with E-state index in [0.29, 0.717) is 0 Å². The molecule has 0 atom stereocenters. The first-order chi connectivity index (χ1) is 13.2. The zero-order valence-electron chi connectivity index (χ0n) is 20.9. The first-order valence-corrected chi connectivity index (χ1v) is 17.6. The Hall–Kier alpha value is -0.849. The van der Waals surface area contributed by atoms with Gasteiger partial charge in [-0.1, -0.05) is 0 Å². The third-order valence-electron chi connectivity index (χ3n) is 3.59. The van der Waals surface area contributed by atoms with Crippen LogP contribution < -0.4 is 0 Å². The molecule has 1 aliphatic heterocycles. The van der Waals surface area contributed by atoms with Crippen molar-refractivity contribution in [3.05, 3.63) is 35.9 Å². The summed E-state index contributed by atoms with van der Waals surface area (Å²) in [6, 6.07) is 0. The maximum absolute atomic E-state index is 6.49. The molecule has 0 spiro atoms. The van der Waals surface area contributed by atoms with E-state index in [1.54, 1.807) is 18.8 Å². The quantitative estimate of drug-likeness (QED) is 0.354. The molecule has 6 nitrogen and oxygen atoms in total. The normalized spacial score (nSPS) is 31.6. The standard InChI is InChI=1S/C21H42O6Si3/c1-19(2,3)22-13-16-28(10)25-29(11,17-14-23-20(4,5)6)27-30(12,26-28)18-15-24-21(7,8)9/h13-18H,1-12H3/b16-13+,17-14+,18-15+. The fourth-order valence-electron chi connectivity index (χ4n) is 2.56. The highest BCUT2D eigenvalue weighted by Gasteiger charge is 2.54. The second kappa shape index (κ2) is 9.33. The molecule has 1 fully saturated rings. The van der Waals surface area contributed by atoms with Gasteiger partial charge in [-0.3, -0.25) is 0 Å². The minimum atomic E-state index is -2.72. The third-order valence-corrected chi connectivity index (χ3v) is 15.5. The number of ether oxygens (including phenoxy) is 3. The fourth-order valence-corrected chi connectivity index (χ4v) is 16.4. The van der Waals surface area contributed by atoms with Crippen molar-refractivity contribution in [3.8, 4) is 0 Å². The van der Waals surface area contributed by atoms with Crippen LogP contribution in [-0.2, 0) is 26.6 Å². The van der Waals surface area contributed by atoms with Crippen molar-refractivity contribution >= 4 is 25.7 Å². The minimum absolute atomic E-state index is 0.283. The largest absolute Gasteiger partial charge is 0.496 e. The molecule has 1 aliphatic rings. The molecule has 30 heavy (non-hydrogen) atoms. The molecule has 0 bridgehead atoms. The van der Waals surface area contributed by atoms with Crippen molar-refractivity contribution in [2.24, 2.45) is 0 Å². The predicted octanol–water partition coefficient (Wildman–Crippen LogP) is 5.87. The van der Waals surface area contributed by atoms with Gasteiger partial charge in [-0.05, 0) is 99.1 Å². The second-order valence-electron chi connectivity index (χ2n) is 11.0.